The predicted molar refractivity (Wildman–Crippen MR) is 96.6 cm³/mol. The number of fused-ring (bicyclic) bond motifs is 1. The van der Waals surface area contributed by atoms with Crippen LogP contribution in [0.5, 0.6) is 0 Å². The molecule has 0 fully saturated rings. The predicted octanol–water partition coefficient (Wildman–Crippen LogP) is 4.97. The van der Waals surface area contributed by atoms with Crippen LogP contribution in [0.15, 0.2) is 73.1 Å². The molecular weight excluding hydrogens is 302 g/mol. The molecule has 0 aliphatic carbocycles. The number of anilines is 1. The molecule has 1 N–H and O–H groups in total. The van der Waals surface area contributed by atoms with Crippen molar-refractivity contribution in [1.82, 2.24) is 9.97 Å². The molecule has 0 aliphatic heterocycles. The van der Waals surface area contributed by atoms with Crippen LogP contribution >= 0.6 is 11.3 Å². The van der Waals surface area contributed by atoms with E-state index in [1.807, 2.05) is 30.6 Å². The van der Waals surface area contributed by atoms with E-state index in [4.69, 9.17) is 0 Å². The van der Waals surface area contributed by atoms with Crippen LogP contribution in [0.1, 0.15) is 5.56 Å². The summed E-state index contributed by atoms with van der Waals surface area (Å²) in [5.41, 5.74) is 2.26. The largest absolute Gasteiger partial charge is 0.350 e. The lowest BCUT2D eigenvalue weighted by molar-refractivity contribution is 1.06. The van der Waals surface area contributed by atoms with Gasteiger partial charge in [0.15, 0.2) is 0 Å². The molecule has 0 unspecified atom stereocenters. The Hall–Kier alpha value is -2.72. The van der Waals surface area contributed by atoms with Crippen molar-refractivity contribution in [2.24, 2.45) is 0 Å². The van der Waals surface area contributed by atoms with Crippen LogP contribution in [0.3, 0.4) is 0 Å². The molecule has 0 spiro atoms. The molecule has 0 aliphatic rings. The second-order valence-electron chi connectivity index (χ2n) is 5.28. The van der Waals surface area contributed by atoms with Crippen molar-refractivity contribution in [1.29, 1.82) is 0 Å². The first-order chi connectivity index (χ1) is 11.4. The Labute approximate surface area is 138 Å². The molecule has 2 aromatic heterocycles. The highest BCUT2D eigenvalue weighted by Crippen LogP contribution is 2.32. The Kier molecular flexibility index (Phi) is 3.74. The van der Waals surface area contributed by atoms with Crippen molar-refractivity contribution < 1.29 is 0 Å². The summed E-state index contributed by atoms with van der Waals surface area (Å²) >= 11 is 1.77. The van der Waals surface area contributed by atoms with Crippen LogP contribution in [-0.4, -0.2) is 9.97 Å². The summed E-state index contributed by atoms with van der Waals surface area (Å²) < 4.78 is 1.29. The molecule has 0 atom stereocenters. The van der Waals surface area contributed by atoms with Crippen molar-refractivity contribution in [2.45, 2.75) is 6.54 Å². The van der Waals surface area contributed by atoms with E-state index in [1.165, 1.54) is 20.5 Å². The van der Waals surface area contributed by atoms with Gasteiger partial charge in [-0.2, -0.15) is 0 Å². The molecule has 0 saturated heterocycles. The summed E-state index contributed by atoms with van der Waals surface area (Å²) in [6, 6.07) is 20.8. The van der Waals surface area contributed by atoms with Gasteiger partial charge in [0.25, 0.3) is 0 Å². The highest BCUT2D eigenvalue weighted by Gasteiger charge is 2.05. The second kappa shape index (κ2) is 6.18. The van der Waals surface area contributed by atoms with Gasteiger partial charge in [-0.1, -0.05) is 48.5 Å². The Morgan fingerprint density at radius 1 is 0.870 bits per heavy atom. The Balaban J connectivity index is 1.51. The van der Waals surface area contributed by atoms with Crippen LogP contribution in [0, 0.1) is 0 Å². The number of thiophene rings is 1. The maximum atomic E-state index is 4.42. The molecule has 2 heterocycles. The summed E-state index contributed by atoms with van der Waals surface area (Å²) in [7, 11) is 0. The number of hydrogen-bond acceptors (Lipinski definition) is 4. The summed E-state index contributed by atoms with van der Waals surface area (Å²) in [6.45, 7) is 0.725. The number of hydrogen-bond donors (Lipinski definition) is 1. The molecular formula is C19H15N3S. The molecule has 4 heteroatoms. The average molecular weight is 317 g/mol. The molecule has 0 saturated carbocycles. The van der Waals surface area contributed by atoms with E-state index in [9.17, 15) is 0 Å². The highest BCUT2D eigenvalue weighted by atomic mass is 32.1. The van der Waals surface area contributed by atoms with Gasteiger partial charge in [-0.3, -0.25) is 0 Å². The first-order valence-corrected chi connectivity index (χ1v) is 8.29. The molecule has 4 rings (SSSR count). The van der Waals surface area contributed by atoms with Crippen molar-refractivity contribution in [3.05, 3.63) is 78.6 Å². The van der Waals surface area contributed by atoms with Crippen LogP contribution in [0.25, 0.3) is 20.5 Å². The Morgan fingerprint density at radius 2 is 1.61 bits per heavy atom. The smallest absolute Gasteiger partial charge is 0.222 e. The SMILES string of the molecule is c1ccc(CNc2ncc(-c3cc4ccccc4s3)cn2)cc1. The molecule has 0 bridgehead atoms. The van der Waals surface area contributed by atoms with Gasteiger partial charge in [-0.25, -0.2) is 9.97 Å². The van der Waals surface area contributed by atoms with Crippen molar-refractivity contribution in [3.8, 4) is 10.4 Å². The van der Waals surface area contributed by atoms with E-state index in [2.05, 4.69) is 57.7 Å². The lowest BCUT2D eigenvalue weighted by Gasteiger charge is -2.05. The molecule has 2 aromatic carbocycles. The minimum Gasteiger partial charge on any atom is -0.350 e. The lowest BCUT2D eigenvalue weighted by atomic mass is 10.2. The standard InChI is InChI=1S/C19H15N3S/c1-2-6-14(7-3-1)11-20-19-21-12-16(13-22-19)18-10-15-8-4-5-9-17(15)23-18/h1-10,12-13H,11H2,(H,20,21,22). The molecule has 0 amide bonds. The summed E-state index contributed by atoms with van der Waals surface area (Å²) in [4.78, 5) is 10.0. The van der Waals surface area contributed by atoms with Gasteiger partial charge in [-0.05, 0) is 23.1 Å². The third-order valence-electron chi connectivity index (χ3n) is 3.66. The number of rotatable bonds is 4. The van der Waals surface area contributed by atoms with Gasteiger partial charge < -0.3 is 5.32 Å². The maximum absolute atomic E-state index is 4.42. The number of nitrogens with one attached hydrogen (secondary N) is 1. The van der Waals surface area contributed by atoms with Crippen LogP contribution in [0.4, 0.5) is 5.95 Å². The summed E-state index contributed by atoms with van der Waals surface area (Å²) in [6.07, 6.45) is 3.76. The van der Waals surface area contributed by atoms with E-state index >= 15 is 0 Å². The zero-order valence-corrected chi connectivity index (χ0v) is 13.3. The van der Waals surface area contributed by atoms with Crippen LogP contribution < -0.4 is 5.32 Å². The van der Waals surface area contributed by atoms with E-state index in [0.717, 1.165) is 12.1 Å². The summed E-state index contributed by atoms with van der Waals surface area (Å²) in [5.74, 6) is 0.652. The minimum atomic E-state index is 0.652. The first-order valence-electron chi connectivity index (χ1n) is 7.47. The minimum absolute atomic E-state index is 0.652. The van der Waals surface area contributed by atoms with Crippen molar-refractivity contribution in [3.63, 3.8) is 0 Å². The van der Waals surface area contributed by atoms with Gasteiger partial charge in [0.05, 0.1) is 0 Å². The molecule has 23 heavy (non-hydrogen) atoms. The maximum Gasteiger partial charge on any atom is 0.222 e. The Morgan fingerprint density at radius 3 is 2.39 bits per heavy atom. The zero-order valence-electron chi connectivity index (χ0n) is 12.4. The van der Waals surface area contributed by atoms with E-state index in [-0.39, 0.29) is 0 Å². The van der Waals surface area contributed by atoms with Gasteiger partial charge in [0.1, 0.15) is 0 Å². The normalized spacial score (nSPS) is 10.8. The molecule has 4 aromatic rings. The number of nitrogens with zero attached hydrogens (tertiary/aromatic N) is 2. The van der Waals surface area contributed by atoms with Crippen molar-refractivity contribution in [2.75, 3.05) is 5.32 Å². The third kappa shape index (κ3) is 3.07. The monoisotopic (exact) mass is 317 g/mol. The second-order valence-corrected chi connectivity index (χ2v) is 6.37. The molecule has 112 valence electrons. The number of benzene rings is 2. The van der Waals surface area contributed by atoms with Gasteiger partial charge >= 0.3 is 0 Å². The quantitative estimate of drug-likeness (QED) is 0.577. The number of aromatic nitrogens is 2. The lowest BCUT2D eigenvalue weighted by Crippen LogP contribution is -2.02. The van der Waals surface area contributed by atoms with Crippen molar-refractivity contribution >= 4 is 27.4 Å². The topological polar surface area (TPSA) is 37.8 Å². The average Bonchev–Trinajstić information content (AvgIpc) is 3.05. The summed E-state index contributed by atoms with van der Waals surface area (Å²) in [5, 5.41) is 4.51. The fourth-order valence-corrected chi connectivity index (χ4v) is 3.49. The van der Waals surface area contributed by atoms with E-state index < -0.39 is 0 Å². The third-order valence-corrected chi connectivity index (χ3v) is 4.82. The fourth-order valence-electron chi connectivity index (χ4n) is 2.45. The van der Waals surface area contributed by atoms with E-state index in [0.29, 0.717) is 5.95 Å². The zero-order chi connectivity index (χ0) is 15.5. The Bertz CT molecular complexity index is 881. The fraction of sp³-hybridized carbons (Fsp3) is 0.0526. The van der Waals surface area contributed by atoms with E-state index in [1.54, 1.807) is 11.3 Å². The van der Waals surface area contributed by atoms with Gasteiger partial charge in [0.2, 0.25) is 5.95 Å². The highest BCUT2D eigenvalue weighted by molar-refractivity contribution is 7.22. The van der Waals surface area contributed by atoms with Gasteiger partial charge in [-0.15, -0.1) is 11.3 Å². The van der Waals surface area contributed by atoms with Gasteiger partial charge in [0, 0.05) is 34.1 Å². The van der Waals surface area contributed by atoms with Crippen LogP contribution in [-0.2, 0) is 6.54 Å². The molecule has 3 nitrogen and oxygen atoms in total. The molecule has 0 radical (unpaired) electrons. The first kappa shape index (κ1) is 13.9. The van der Waals surface area contributed by atoms with Crippen LogP contribution in [0.2, 0.25) is 0 Å².